The summed E-state index contributed by atoms with van der Waals surface area (Å²) < 4.78 is 13.2. The number of rotatable bonds is 5. The van der Waals surface area contributed by atoms with E-state index in [1.165, 1.54) is 12.1 Å². The average Bonchev–Trinajstić information content (AvgIpc) is 3.34. The molecule has 2 N–H and O–H groups in total. The minimum atomic E-state index is -0.322. The van der Waals surface area contributed by atoms with E-state index in [9.17, 15) is 9.18 Å². The van der Waals surface area contributed by atoms with Crippen LogP contribution in [-0.4, -0.2) is 43.0 Å². The summed E-state index contributed by atoms with van der Waals surface area (Å²) in [7, 11) is 1.96. The smallest absolute Gasteiger partial charge is 0.242 e. The van der Waals surface area contributed by atoms with Gasteiger partial charge in [0.2, 0.25) is 5.91 Å². The first kappa shape index (κ1) is 18.2. The lowest BCUT2D eigenvalue weighted by Crippen LogP contribution is -2.50. The number of halogens is 2. The minimum Gasteiger partial charge on any atom is -0.352 e. The second-order valence-corrected chi connectivity index (χ2v) is 6.36. The fraction of sp³-hybridized carbons (Fsp3) is 0.588. The molecule has 0 radical (unpaired) electrons. The van der Waals surface area contributed by atoms with Gasteiger partial charge in [0, 0.05) is 18.6 Å². The largest absolute Gasteiger partial charge is 0.352 e. The molecular weight excluding hydrogens is 317 g/mol. The maximum Gasteiger partial charge on any atom is 0.242 e. The first-order valence-corrected chi connectivity index (χ1v) is 8.14. The Morgan fingerprint density at radius 1 is 1.22 bits per heavy atom. The quantitative estimate of drug-likeness (QED) is 0.863. The second-order valence-electron chi connectivity index (χ2n) is 6.36. The molecule has 6 heteroatoms. The fourth-order valence-corrected chi connectivity index (χ4v) is 3.16. The summed E-state index contributed by atoms with van der Waals surface area (Å²) in [4.78, 5) is 14.9. The maximum absolute atomic E-state index is 13.2. The van der Waals surface area contributed by atoms with Crippen molar-refractivity contribution in [3.05, 3.63) is 35.6 Å². The number of likely N-dealkylation sites (N-methyl/N-ethyl adjacent to an activating group) is 1. The highest BCUT2D eigenvalue weighted by Crippen LogP contribution is 2.27. The van der Waals surface area contributed by atoms with E-state index in [1.807, 2.05) is 7.05 Å². The molecule has 2 fully saturated rings. The monoisotopic (exact) mass is 341 g/mol. The number of hydrogen-bond acceptors (Lipinski definition) is 3. The zero-order valence-electron chi connectivity index (χ0n) is 13.4. The van der Waals surface area contributed by atoms with Crippen molar-refractivity contribution in [2.45, 2.75) is 43.8 Å². The van der Waals surface area contributed by atoms with E-state index in [-0.39, 0.29) is 30.2 Å². The number of carbonyl (C=O) groups is 1. The topological polar surface area (TPSA) is 44.4 Å². The molecule has 3 rings (SSSR count). The molecule has 1 aromatic rings. The minimum absolute atomic E-state index is 0. The molecule has 0 aromatic heterocycles. The summed E-state index contributed by atoms with van der Waals surface area (Å²) in [6.45, 7) is 1.74. The normalized spacial score (nSPS) is 23.0. The third kappa shape index (κ3) is 4.66. The van der Waals surface area contributed by atoms with E-state index in [2.05, 4.69) is 15.5 Å². The van der Waals surface area contributed by atoms with Crippen LogP contribution in [0.2, 0.25) is 0 Å². The van der Waals surface area contributed by atoms with Crippen LogP contribution < -0.4 is 10.6 Å². The van der Waals surface area contributed by atoms with E-state index < -0.39 is 0 Å². The third-order valence-electron chi connectivity index (χ3n) is 4.58. The van der Waals surface area contributed by atoms with Crippen molar-refractivity contribution in [1.29, 1.82) is 0 Å². The van der Waals surface area contributed by atoms with E-state index >= 15 is 0 Å². The van der Waals surface area contributed by atoms with Gasteiger partial charge in [0.25, 0.3) is 0 Å². The zero-order valence-corrected chi connectivity index (χ0v) is 14.2. The molecule has 1 saturated carbocycles. The van der Waals surface area contributed by atoms with Gasteiger partial charge in [-0.25, -0.2) is 4.39 Å². The lowest BCUT2D eigenvalue weighted by atomic mass is 9.98. The molecular formula is C17H25ClFN3O. The molecule has 4 nitrogen and oxygen atoms in total. The highest BCUT2D eigenvalue weighted by molar-refractivity contribution is 5.85. The van der Waals surface area contributed by atoms with E-state index in [0.717, 1.165) is 44.3 Å². The molecule has 1 aliphatic heterocycles. The van der Waals surface area contributed by atoms with Gasteiger partial charge in [-0.15, -0.1) is 12.4 Å². The van der Waals surface area contributed by atoms with Gasteiger partial charge >= 0.3 is 0 Å². The lowest BCUT2D eigenvalue weighted by molar-refractivity contribution is -0.127. The molecule has 1 amide bonds. The molecule has 2 atom stereocenters. The Labute approximate surface area is 143 Å². The molecule has 1 aromatic carbocycles. The molecule has 23 heavy (non-hydrogen) atoms. The number of amides is 1. The maximum atomic E-state index is 13.2. The summed E-state index contributed by atoms with van der Waals surface area (Å²) in [5.74, 6) is -0.220. The SMILES string of the molecule is CNC1CCCN(C(C(=O)NC2CC2)c2ccc(F)cc2)C1.Cl. The Bertz CT molecular complexity index is 521. The Morgan fingerprint density at radius 2 is 1.91 bits per heavy atom. The van der Waals surface area contributed by atoms with E-state index in [0.29, 0.717) is 12.1 Å². The van der Waals surface area contributed by atoms with Crippen molar-refractivity contribution in [2.75, 3.05) is 20.1 Å². The average molecular weight is 342 g/mol. The van der Waals surface area contributed by atoms with Crippen molar-refractivity contribution >= 4 is 18.3 Å². The molecule has 2 unspecified atom stereocenters. The van der Waals surface area contributed by atoms with Gasteiger partial charge in [0.15, 0.2) is 0 Å². The lowest BCUT2D eigenvalue weighted by Gasteiger charge is -2.37. The zero-order chi connectivity index (χ0) is 15.5. The first-order chi connectivity index (χ1) is 10.7. The van der Waals surface area contributed by atoms with Crippen molar-refractivity contribution in [3.8, 4) is 0 Å². The van der Waals surface area contributed by atoms with Gasteiger partial charge in [0.05, 0.1) is 0 Å². The van der Waals surface area contributed by atoms with Crippen LogP contribution in [0.15, 0.2) is 24.3 Å². The van der Waals surface area contributed by atoms with Crippen molar-refractivity contribution < 1.29 is 9.18 Å². The van der Waals surface area contributed by atoms with Crippen molar-refractivity contribution in [3.63, 3.8) is 0 Å². The number of benzene rings is 1. The Balaban J connectivity index is 0.00000192. The number of nitrogens with zero attached hydrogens (tertiary/aromatic N) is 1. The van der Waals surface area contributed by atoms with Gasteiger partial charge in [-0.3, -0.25) is 9.69 Å². The second kappa shape index (κ2) is 8.08. The Hall–Kier alpha value is -1.17. The molecule has 1 saturated heterocycles. The highest BCUT2D eigenvalue weighted by Gasteiger charge is 2.34. The summed E-state index contributed by atoms with van der Waals surface area (Å²) in [6.07, 6.45) is 4.34. The molecule has 1 aliphatic carbocycles. The summed E-state index contributed by atoms with van der Waals surface area (Å²) in [5, 5.41) is 6.41. The van der Waals surface area contributed by atoms with Crippen LogP contribution in [0.3, 0.4) is 0 Å². The molecule has 128 valence electrons. The standard InChI is InChI=1S/C17H24FN3O.ClH/c1-19-15-3-2-10-21(11-15)16(17(22)20-14-8-9-14)12-4-6-13(18)7-5-12;/h4-7,14-16,19H,2-3,8-11H2,1H3,(H,20,22);1H. The molecule has 0 spiro atoms. The third-order valence-corrected chi connectivity index (χ3v) is 4.58. The molecule has 2 aliphatic rings. The van der Waals surface area contributed by atoms with Crippen LogP contribution in [0.1, 0.15) is 37.3 Å². The van der Waals surface area contributed by atoms with Crippen LogP contribution in [-0.2, 0) is 4.79 Å². The van der Waals surface area contributed by atoms with Gasteiger partial charge < -0.3 is 10.6 Å². The van der Waals surface area contributed by atoms with Crippen LogP contribution in [0.5, 0.6) is 0 Å². The predicted octanol–water partition coefficient (Wildman–Crippen LogP) is 2.25. The van der Waals surface area contributed by atoms with Crippen LogP contribution in [0.4, 0.5) is 4.39 Å². The molecule has 0 bridgehead atoms. The summed E-state index contributed by atoms with van der Waals surface area (Å²) in [6, 6.07) is 6.76. The predicted molar refractivity (Wildman–Crippen MR) is 91.2 cm³/mol. The number of carbonyl (C=O) groups excluding carboxylic acids is 1. The molecule has 1 heterocycles. The van der Waals surface area contributed by atoms with Gasteiger partial charge in [-0.1, -0.05) is 12.1 Å². The van der Waals surface area contributed by atoms with Gasteiger partial charge in [-0.05, 0) is 57.0 Å². The fourth-order valence-electron chi connectivity index (χ4n) is 3.16. The van der Waals surface area contributed by atoms with E-state index in [1.54, 1.807) is 12.1 Å². The summed E-state index contributed by atoms with van der Waals surface area (Å²) >= 11 is 0. The van der Waals surface area contributed by atoms with Crippen LogP contribution in [0.25, 0.3) is 0 Å². The van der Waals surface area contributed by atoms with Crippen LogP contribution in [0, 0.1) is 5.82 Å². The Kier molecular flexibility index (Phi) is 6.39. The van der Waals surface area contributed by atoms with Gasteiger partial charge in [0.1, 0.15) is 11.9 Å². The number of piperidine rings is 1. The summed E-state index contributed by atoms with van der Waals surface area (Å²) in [5.41, 5.74) is 0.872. The number of likely N-dealkylation sites (tertiary alicyclic amines) is 1. The first-order valence-electron chi connectivity index (χ1n) is 8.14. The number of nitrogens with one attached hydrogen (secondary N) is 2. The highest BCUT2D eigenvalue weighted by atomic mass is 35.5. The van der Waals surface area contributed by atoms with Gasteiger partial charge in [-0.2, -0.15) is 0 Å². The Morgan fingerprint density at radius 3 is 2.52 bits per heavy atom. The van der Waals surface area contributed by atoms with Crippen molar-refractivity contribution in [1.82, 2.24) is 15.5 Å². The van der Waals surface area contributed by atoms with Crippen molar-refractivity contribution in [2.24, 2.45) is 0 Å². The van der Waals surface area contributed by atoms with Crippen LogP contribution >= 0.6 is 12.4 Å². The van der Waals surface area contributed by atoms with E-state index in [4.69, 9.17) is 0 Å². The number of hydrogen-bond donors (Lipinski definition) is 2.